The summed E-state index contributed by atoms with van der Waals surface area (Å²) in [5, 5.41) is 6.14. The molecule has 0 unspecified atom stereocenters. The molecule has 1 aliphatic rings. The van der Waals surface area contributed by atoms with Gasteiger partial charge in [-0.1, -0.05) is 11.3 Å². The van der Waals surface area contributed by atoms with Gasteiger partial charge in [0.05, 0.1) is 12.0 Å². The van der Waals surface area contributed by atoms with Gasteiger partial charge in [0, 0.05) is 6.54 Å². The fourth-order valence-electron chi connectivity index (χ4n) is 1.69. The van der Waals surface area contributed by atoms with Crippen LogP contribution in [0, 0.1) is 0 Å². The van der Waals surface area contributed by atoms with E-state index in [1.807, 2.05) is 0 Å². The molecule has 1 saturated heterocycles. The van der Waals surface area contributed by atoms with Crippen LogP contribution in [0.15, 0.2) is 12.1 Å². The van der Waals surface area contributed by atoms with Crippen LogP contribution in [0.1, 0.15) is 22.5 Å². The average Bonchev–Trinajstić information content (AvgIpc) is 2.81. The first kappa shape index (κ1) is 11.9. The molecule has 92 valence electrons. The summed E-state index contributed by atoms with van der Waals surface area (Å²) in [6, 6.07) is 3.02. The number of nitrogens with one attached hydrogen (secondary N) is 2. The quantitative estimate of drug-likeness (QED) is 0.837. The van der Waals surface area contributed by atoms with Crippen LogP contribution in [-0.2, 0) is 4.79 Å². The van der Waals surface area contributed by atoms with Gasteiger partial charge < -0.3 is 15.4 Å². The van der Waals surface area contributed by atoms with Gasteiger partial charge in [-0.2, -0.15) is 0 Å². The molecule has 0 radical (unpaired) electrons. The lowest BCUT2D eigenvalue weighted by Gasteiger charge is -2.22. The lowest BCUT2D eigenvalue weighted by Crippen LogP contribution is -2.50. The first-order chi connectivity index (χ1) is 8.20. The SMILES string of the molecule is COc1ccc(C(=O)N[C@H]2CCCNC2=O)s1. The normalized spacial score (nSPS) is 19.6. The van der Waals surface area contributed by atoms with Crippen LogP contribution >= 0.6 is 11.3 Å². The molecular weight excluding hydrogens is 240 g/mol. The molecule has 0 spiro atoms. The van der Waals surface area contributed by atoms with Gasteiger partial charge in [0.1, 0.15) is 6.04 Å². The van der Waals surface area contributed by atoms with E-state index in [1.165, 1.54) is 11.3 Å². The Labute approximate surface area is 103 Å². The Morgan fingerprint density at radius 2 is 2.41 bits per heavy atom. The van der Waals surface area contributed by atoms with Crippen molar-refractivity contribution in [2.75, 3.05) is 13.7 Å². The first-order valence-corrected chi connectivity index (χ1v) is 6.25. The van der Waals surface area contributed by atoms with E-state index < -0.39 is 6.04 Å². The number of hydrogen-bond donors (Lipinski definition) is 2. The maximum Gasteiger partial charge on any atom is 0.262 e. The highest BCUT2D eigenvalue weighted by atomic mass is 32.1. The van der Waals surface area contributed by atoms with Crippen LogP contribution in [0.5, 0.6) is 5.06 Å². The number of carbonyl (C=O) groups excluding carboxylic acids is 2. The molecule has 5 nitrogen and oxygen atoms in total. The molecule has 1 atom stereocenters. The van der Waals surface area contributed by atoms with Crippen LogP contribution < -0.4 is 15.4 Å². The topological polar surface area (TPSA) is 67.4 Å². The van der Waals surface area contributed by atoms with Gasteiger partial charge >= 0.3 is 0 Å². The summed E-state index contributed by atoms with van der Waals surface area (Å²) in [5.41, 5.74) is 0. The van der Waals surface area contributed by atoms with Crippen molar-refractivity contribution in [3.8, 4) is 5.06 Å². The minimum atomic E-state index is -0.413. The van der Waals surface area contributed by atoms with Crippen LogP contribution in [0.3, 0.4) is 0 Å². The third-order valence-corrected chi connectivity index (χ3v) is 3.64. The zero-order valence-corrected chi connectivity index (χ0v) is 10.3. The molecule has 1 aromatic rings. The highest BCUT2D eigenvalue weighted by molar-refractivity contribution is 7.15. The number of carbonyl (C=O) groups is 2. The Balaban J connectivity index is 1.98. The molecule has 1 fully saturated rings. The predicted octanol–water partition coefficient (Wildman–Crippen LogP) is 0.765. The van der Waals surface area contributed by atoms with E-state index in [9.17, 15) is 9.59 Å². The molecule has 1 aromatic heterocycles. The highest BCUT2D eigenvalue weighted by Gasteiger charge is 2.24. The molecule has 2 rings (SSSR count). The lowest BCUT2D eigenvalue weighted by molar-refractivity contribution is -0.124. The fourth-order valence-corrected chi connectivity index (χ4v) is 2.41. The molecule has 1 aliphatic heterocycles. The Kier molecular flexibility index (Phi) is 3.63. The summed E-state index contributed by atoms with van der Waals surface area (Å²) in [4.78, 5) is 23.9. The first-order valence-electron chi connectivity index (χ1n) is 5.43. The van der Waals surface area contributed by atoms with Crippen molar-refractivity contribution in [2.24, 2.45) is 0 Å². The Morgan fingerprint density at radius 3 is 3.06 bits per heavy atom. The van der Waals surface area contributed by atoms with Crippen LogP contribution in [0.25, 0.3) is 0 Å². The predicted molar refractivity (Wildman–Crippen MR) is 64.4 cm³/mol. The Hall–Kier alpha value is -1.56. The van der Waals surface area contributed by atoms with Crippen LogP contribution in [0.2, 0.25) is 0 Å². The van der Waals surface area contributed by atoms with Crippen molar-refractivity contribution < 1.29 is 14.3 Å². The van der Waals surface area contributed by atoms with Gasteiger partial charge in [0.15, 0.2) is 5.06 Å². The summed E-state index contributed by atoms with van der Waals surface area (Å²) in [5.74, 6) is -0.325. The van der Waals surface area contributed by atoms with Gasteiger partial charge in [-0.15, -0.1) is 0 Å². The number of rotatable bonds is 3. The molecule has 0 aliphatic carbocycles. The average molecular weight is 254 g/mol. The molecule has 0 bridgehead atoms. The molecule has 2 heterocycles. The van der Waals surface area contributed by atoms with Gasteiger partial charge in [0.25, 0.3) is 5.91 Å². The second-order valence-corrected chi connectivity index (χ2v) is 4.83. The zero-order chi connectivity index (χ0) is 12.3. The third-order valence-electron chi connectivity index (χ3n) is 2.60. The zero-order valence-electron chi connectivity index (χ0n) is 9.49. The number of piperidine rings is 1. The van der Waals surface area contributed by atoms with Crippen LogP contribution in [0.4, 0.5) is 0 Å². The second-order valence-electron chi connectivity index (χ2n) is 3.78. The lowest BCUT2D eigenvalue weighted by atomic mass is 10.1. The standard InChI is InChI=1S/C11H14N2O3S/c1-16-9-5-4-8(17-9)11(15)13-7-3-2-6-12-10(7)14/h4-5,7H,2-3,6H2,1H3,(H,12,14)(H,13,15)/t7-/m0/s1. The van der Waals surface area contributed by atoms with E-state index in [4.69, 9.17) is 4.74 Å². The number of ether oxygens (including phenoxy) is 1. The fraction of sp³-hybridized carbons (Fsp3) is 0.455. The Bertz CT molecular complexity index is 430. The summed E-state index contributed by atoms with van der Waals surface area (Å²) >= 11 is 1.26. The van der Waals surface area contributed by atoms with Crippen molar-refractivity contribution in [3.63, 3.8) is 0 Å². The molecule has 6 heteroatoms. The summed E-state index contributed by atoms with van der Waals surface area (Å²) in [6.45, 7) is 0.692. The van der Waals surface area contributed by atoms with Gasteiger partial charge in [-0.3, -0.25) is 9.59 Å². The molecule has 0 aromatic carbocycles. The monoisotopic (exact) mass is 254 g/mol. The van der Waals surface area contributed by atoms with Gasteiger partial charge in [-0.05, 0) is 25.0 Å². The van der Waals surface area contributed by atoms with Crippen molar-refractivity contribution in [1.29, 1.82) is 0 Å². The highest BCUT2D eigenvalue weighted by Crippen LogP contribution is 2.23. The van der Waals surface area contributed by atoms with E-state index in [-0.39, 0.29) is 11.8 Å². The molecular formula is C11H14N2O3S. The molecule has 2 amide bonds. The minimum absolute atomic E-state index is 0.104. The number of methoxy groups -OCH3 is 1. The van der Waals surface area contributed by atoms with Gasteiger partial charge in [-0.25, -0.2) is 0 Å². The maximum absolute atomic E-state index is 11.9. The third kappa shape index (κ3) is 2.76. The van der Waals surface area contributed by atoms with Crippen molar-refractivity contribution in [3.05, 3.63) is 17.0 Å². The smallest absolute Gasteiger partial charge is 0.262 e. The largest absolute Gasteiger partial charge is 0.487 e. The Morgan fingerprint density at radius 1 is 1.59 bits per heavy atom. The summed E-state index contributed by atoms with van der Waals surface area (Å²) < 4.78 is 5.02. The van der Waals surface area contributed by atoms with E-state index in [0.717, 1.165) is 6.42 Å². The van der Waals surface area contributed by atoms with E-state index in [0.29, 0.717) is 22.9 Å². The maximum atomic E-state index is 11.9. The van der Waals surface area contributed by atoms with Crippen molar-refractivity contribution in [1.82, 2.24) is 10.6 Å². The number of hydrogen-bond acceptors (Lipinski definition) is 4. The number of amides is 2. The minimum Gasteiger partial charge on any atom is -0.487 e. The molecule has 2 N–H and O–H groups in total. The van der Waals surface area contributed by atoms with Crippen molar-refractivity contribution >= 4 is 23.2 Å². The summed E-state index contributed by atoms with van der Waals surface area (Å²) in [7, 11) is 1.56. The van der Waals surface area contributed by atoms with E-state index in [2.05, 4.69) is 10.6 Å². The van der Waals surface area contributed by atoms with Crippen LogP contribution in [-0.4, -0.2) is 31.5 Å². The van der Waals surface area contributed by atoms with Gasteiger partial charge in [0.2, 0.25) is 5.91 Å². The van der Waals surface area contributed by atoms with Crippen molar-refractivity contribution in [2.45, 2.75) is 18.9 Å². The van der Waals surface area contributed by atoms with E-state index in [1.54, 1.807) is 19.2 Å². The number of thiophene rings is 1. The summed E-state index contributed by atoms with van der Waals surface area (Å²) in [6.07, 6.45) is 1.59. The molecule has 17 heavy (non-hydrogen) atoms. The second kappa shape index (κ2) is 5.18. The van der Waals surface area contributed by atoms with E-state index >= 15 is 0 Å². The molecule has 0 saturated carbocycles.